The van der Waals surface area contributed by atoms with E-state index >= 15 is 0 Å². The van der Waals surface area contributed by atoms with Crippen LogP contribution in [0.15, 0.2) is 54.6 Å². The first-order valence-corrected chi connectivity index (χ1v) is 11.6. The number of ether oxygens (including phenoxy) is 1. The molecule has 0 spiro atoms. The Kier molecular flexibility index (Phi) is 8.85. The summed E-state index contributed by atoms with van der Waals surface area (Å²) in [5.41, 5.74) is 2.61. The number of carbonyl (C=O) groups is 1. The molecule has 1 amide bonds. The second-order valence-corrected chi connectivity index (χ2v) is 8.58. The molecule has 3 nitrogen and oxygen atoms in total. The lowest BCUT2D eigenvalue weighted by Crippen LogP contribution is -2.43. The molecule has 2 heterocycles. The third kappa shape index (κ3) is 6.76. The number of benzene rings is 1. The zero-order valence-electron chi connectivity index (χ0n) is 17.9. The number of unbranched alkanes of at least 4 members (excludes halogenated alkanes) is 7. The summed E-state index contributed by atoms with van der Waals surface area (Å²) in [6.07, 6.45) is 19.2. The largest absolute Gasteiger partial charge is 0.445 e. The van der Waals surface area contributed by atoms with Gasteiger partial charge in [0.05, 0.1) is 6.04 Å². The lowest BCUT2D eigenvalue weighted by Gasteiger charge is -2.33. The summed E-state index contributed by atoms with van der Waals surface area (Å²) in [5, 5.41) is 0. The average molecular weight is 396 g/mol. The molecule has 0 radical (unpaired) electrons. The number of hydrogen-bond acceptors (Lipinski definition) is 2. The Bertz CT molecular complexity index is 667. The van der Waals surface area contributed by atoms with Crippen molar-refractivity contribution in [2.24, 2.45) is 0 Å². The summed E-state index contributed by atoms with van der Waals surface area (Å²) < 4.78 is 5.60. The predicted octanol–water partition coefficient (Wildman–Crippen LogP) is 7.18. The van der Waals surface area contributed by atoms with Crippen LogP contribution in [0.4, 0.5) is 4.79 Å². The Hall–Kier alpha value is -2.03. The van der Waals surface area contributed by atoms with Crippen LogP contribution in [0.3, 0.4) is 0 Å². The van der Waals surface area contributed by atoms with Crippen molar-refractivity contribution >= 4 is 6.09 Å². The van der Waals surface area contributed by atoms with E-state index in [2.05, 4.69) is 12.7 Å². The van der Waals surface area contributed by atoms with Crippen LogP contribution < -0.4 is 0 Å². The van der Waals surface area contributed by atoms with Crippen molar-refractivity contribution < 1.29 is 9.53 Å². The smallest absolute Gasteiger partial charge is 0.410 e. The standard InChI is InChI=1S/C26H37NO2/c1-2-3-4-5-6-7-8-9-11-16-23-19-24-17-18-25(20-23)27(24)26(28)29-21-22-14-12-10-13-15-22/h2,10,12-15,19,24-25H,1,3-9,11,16-18,20-21H2. The molecule has 2 atom stereocenters. The minimum Gasteiger partial charge on any atom is -0.445 e. The predicted molar refractivity (Wildman–Crippen MR) is 120 cm³/mol. The second-order valence-electron chi connectivity index (χ2n) is 8.58. The number of rotatable bonds is 12. The Morgan fingerprint density at radius 3 is 2.48 bits per heavy atom. The molecular formula is C26H37NO2. The SMILES string of the molecule is C=CCCCCCCCCCC1=CC2CCC(C1)N2C(=O)OCc1ccccc1. The molecule has 0 aromatic heterocycles. The Morgan fingerprint density at radius 1 is 1.03 bits per heavy atom. The highest BCUT2D eigenvalue weighted by Gasteiger charge is 2.40. The van der Waals surface area contributed by atoms with Crippen molar-refractivity contribution in [3.8, 4) is 0 Å². The molecule has 2 aliphatic heterocycles. The van der Waals surface area contributed by atoms with Crippen LogP contribution in [0.25, 0.3) is 0 Å². The molecule has 2 aliphatic rings. The van der Waals surface area contributed by atoms with Crippen LogP contribution in [0.5, 0.6) is 0 Å². The molecule has 2 unspecified atom stereocenters. The van der Waals surface area contributed by atoms with Gasteiger partial charge in [0.2, 0.25) is 0 Å². The van der Waals surface area contributed by atoms with Crippen molar-refractivity contribution in [2.45, 2.75) is 95.7 Å². The highest BCUT2D eigenvalue weighted by atomic mass is 16.6. The summed E-state index contributed by atoms with van der Waals surface area (Å²) in [6, 6.07) is 10.5. The Labute approximate surface area is 176 Å². The van der Waals surface area contributed by atoms with Gasteiger partial charge in [0, 0.05) is 6.04 Å². The maximum Gasteiger partial charge on any atom is 0.410 e. The van der Waals surface area contributed by atoms with Crippen LogP contribution >= 0.6 is 0 Å². The maximum absolute atomic E-state index is 12.6. The fraction of sp³-hybridized carbons (Fsp3) is 0.577. The summed E-state index contributed by atoms with van der Waals surface area (Å²) in [4.78, 5) is 14.6. The number of allylic oxidation sites excluding steroid dienone is 1. The Morgan fingerprint density at radius 2 is 1.76 bits per heavy atom. The van der Waals surface area contributed by atoms with E-state index in [9.17, 15) is 4.79 Å². The van der Waals surface area contributed by atoms with E-state index in [1.807, 2.05) is 41.3 Å². The topological polar surface area (TPSA) is 29.5 Å². The summed E-state index contributed by atoms with van der Waals surface area (Å²) >= 11 is 0. The van der Waals surface area contributed by atoms with E-state index in [0.29, 0.717) is 12.6 Å². The van der Waals surface area contributed by atoms with Crippen LogP contribution in [-0.4, -0.2) is 23.1 Å². The molecule has 2 bridgehead atoms. The van der Waals surface area contributed by atoms with E-state index in [0.717, 1.165) is 31.2 Å². The van der Waals surface area contributed by atoms with Crippen LogP contribution in [0.1, 0.15) is 82.6 Å². The minimum atomic E-state index is -0.145. The first-order chi connectivity index (χ1) is 14.3. The molecule has 0 saturated carbocycles. The number of nitrogens with zero attached hydrogens (tertiary/aromatic N) is 1. The fourth-order valence-corrected chi connectivity index (χ4v) is 4.71. The van der Waals surface area contributed by atoms with Gasteiger partial charge in [-0.2, -0.15) is 0 Å². The van der Waals surface area contributed by atoms with Gasteiger partial charge in [-0.15, -0.1) is 6.58 Å². The lowest BCUT2D eigenvalue weighted by molar-refractivity contribution is 0.0814. The van der Waals surface area contributed by atoms with Gasteiger partial charge in [0.25, 0.3) is 0 Å². The molecule has 1 saturated heterocycles. The third-order valence-corrected chi connectivity index (χ3v) is 6.29. The van der Waals surface area contributed by atoms with Gasteiger partial charge in [-0.1, -0.05) is 80.2 Å². The average Bonchev–Trinajstić information content (AvgIpc) is 3.02. The van der Waals surface area contributed by atoms with Crippen molar-refractivity contribution in [3.05, 3.63) is 60.2 Å². The van der Waals surface area contributed by atoms with Gasteiger partial charge in [-0.25, -0.2) is 4.79 Å². The molecule has 3 rings (SSSR count). The molecule has 1 fully saturated rings. The van der Waals surface area contributed by atoms with Crippen molar-refractivity contribution in [3.63, 3.8) is 0 Å². The molecule has 0 N–H and O–H groups in total. The van der Waals surface area contributed by atoms with Gasteiger partial charge in [0.1, 0.15) is 6.61 Å². The molecule has 29 heavy (non-hydrogen) atoms. The van der Waals surface area contributed by atoms with Crippen LogP contribution in [-0.2, 0) is 11.3 Å². The normalized spacial score (nSPS) is 20.4. The molecule has 1 aromatic carbocycles. The number of hydrogen-bond donors (Lipinski definition) is 0. The number of carbonyl (C=O) groups excluding carboxylic acids is 1. The van der Waals surface area contributed by atoms with Gasteiger partial charge in [0.15, 0.2) is 0 Å². The number of amides is 1. The highest BCUT2D eigenvalue weighted by Crippen LogP contribution is 2.37. The molecular weight excluding hydrogens is 358 g/mol. The third-order valence-electron chi connectivity index (χ3n) is 6.29. The molecule has 158 valence electrons. The van der Waals surface area contributed by atoms with E-state index in [1.54, 1.807) is 5.57 Å². The van der Waals surface area contributed by atoms with Crippen LogP contribution in [0, 0.1) is 0 Å². The molecule has 1 aromatic rings. The zero-order valence-corrected chi connectivity index (χ0v) is 17.9. The van der Waals surface area contributed by atoms with Gasteiger partial charge in [-0.3, -0.25) is 4.90 Å². The van der Waals surface area contributed by atoms with Crippen LogP contribution in [0.2, 0.25) is 0 Å². The maximum atomic E-state index is 12.6. The van der Waals surface area contributed by atoms with Gasteiger partial charge < -0.3 is 4.74 Å². The summed E-state index contributed by atoms with van der Waals surface area (Å²) in [6.45, 7) is 4.14. The van der Waals surface area contributed by atoms with E-state index in [-0.39, 0.29) is 12.1 Å². The van der Waals surface area contributed by atoms with Gasteiger partial charge in [-0.05, 0) is 50.5 Å². The Balaban J connectivity index is 1.34. The lowest BCUT2D eigenvalue weighted by atomic mass is 9.96. The summed E-state index contributed by atoms with van der Waals surface area (Å²) in [7, 11) is 0. The van der Waals surface area contributed by atoms with Crippen molar-refractivity contribution in [1.82, 2.24) is 4.90 Å². The highest BCUT2D eigenvalue weighted by molar-refractivity contribution is 5.70. The first-order valence-electron chi connectivity index (χ1n) is 11.6. The van der Waals surface area contributed by atoms with E-state index in [4.69, 9.17) is 4.74 Å². The molecule has 0 aliphatic carbocycles. The minimum absolute atomic E-state index is 0.145. The van der Waals surface area contributed by atoms with E-state index in [1.165, 1.54) is 51.4 Å². The first kappa shape index (κ1) is 21.7. The second kappa shape index (κ2) is 11.8. The zero-order chi connectivity index (χ0) is 20.3. The van der Waals surface area contributed by atoms with Gasteiger partial charge >= 0.3 is 6.09 Å². The fourth-order valence-electron chi connectivity index (χ4n) is 4.71. The quantitative estimate of drug-likeness (QED) is 0.277. The van der Waals surface area contributed by atoms with Crippen molar-refractivity contribution in [2.75, 3.05) is 0 Å². The summed E-state index contributed by atoms with van der Waals surface area (Å²) in [5.74, 6) is 0. The monoisotopic (exact) mass is 395 g/mol. The van der Waals surface area contributed by atoms with E-state index < -0.39 is 0 Å². The number of fused-ring (bicyclic) bond motifs is 2. The molecule has 3 heteroatoms. The van der Waals surface area contributed by atoms with Crippen molar-refractivity contribution in [1.29, 1.82) is 0 Å².